The minimum atomic E-state index is -0.550. The minimum Gasteiger partial charge on any atom is -0.494 e. The second-order valence-corrected chi connectivity index (χ2v) is 3.40. The zero-order valence-corrected chi connectivity index (χ0v) is 9.87. The maximum atomic E-state index is 13.4. The lowest BCUT2D eigenvalue weighted by atomic mass is 10.1. The monoisotopic (exact) mass is 238 g/mol. The molecule has 0 fully saturated rings. The summed E-state index contributed by atoms with van der Waals surface area (Å²) in [6.07, 6.45) is 0. The van der Waals surface area contributed by atoms with Crippen molar-refractivity contribution >= 4 is 0 Å². The maximum Gasteiger partial charge on any atom is 0.165 e. The number of nitrogens with one attached hydrogen (secondary N) is 1. The molecule has 1 atom stereocenters. The summed E-state index contributed by atoms with van der Waals surface area (Å²) in [5.41, 5.74) is 0.571. The molecule has 0 aliphatic heterocycles. The molecule has 0 aliphatic rings. The molecule has 1 aromatic carbocycles. The van der Waals surface area contributed by atoms with E-state index >= 15 is 0 Å². The van der Waals surface area contributed by atoms with Gasteiger partial charge in [0.25, 0.3) is 0 Å². The first kappa shape index (κ1) is 13.4. The van der Waals surface area contributed by atoms with Gasteiger partial charge in [0, 0.05) is 13.7 Å². The molecule has 1 unspecified atom stereocenters. The zero-order valence-electron chi connectivity index (χ0n) is 9.87. The molecule has 0 heterocycles. The van der Waals surface area contributed by atoms with Crippen LogP contribution in [0, 0.1) is 17.1 Å². The van der Waals surface area contributed by atoms with Crippen molar-refractivity contribution in [2.75, 3.05) is 27.4 Å². The lowest BCUT2D eigenvalue weighted by molar-refractivity contribution is 0.198. The Morgan fingerprint density at radius 1 is 1.47 bits per heavy atom. The Bertz CT molecular complexity index is 404. The van der Waals surface area contributed by atoms with Crippen molar-refractivity contribution in [3.05, 3.63) is 29.6 Å². The SMILES string of the molecule is COCCNC(C#N)c1ccc(OC)c(F)c1. The van der Waals surface area contributed by atoms with Crippen molar-refractivity contribution in [3.8, 4) is 11.8 Å². The van der Waals surface area contributed by atoms with Crippen LogP contribution in [0.5, 0.6) is 5.75 Å². The summed E-state index contributed by atoms with van der Waals surface area (Å²) < 4.78 is 23.1. The predicted octanol–water partition coefficient (Wildman–Crippen LogP) is 1.63. The third-order valence-corrected chi connectivity index (χ3v) is 2.29. The third-order valence-electron chi connectivity index (χ3n) is 2.29. The lowest BCUT2D eigenvalue weighted by Crippen LogP contribution is -2.24. The summed E-state index contributed by atoms with van der Waals surface area (Å²) in [7, 11) is 2.98. The smallest absolute Gasteiger partial charge is 0.165 e. The van der Waals surface area contributed by atoms with E-state index < -0.39 is 11.9 Å². The van der Waals surface area contributed by atoms with Crippen LogP contribution in [0.1, 0.15) is 11.6 Å². The van der Waals surface area contributed by atoms with Crippen LogP contribution in [0.4, 0.5) is 4.39 Å². The molecular weight excluding hydrogens is 223 g/mol. The van der Waals surface area contributed by atoms with E-state index in [2.05, 4.69) is 11.4 Å². The first-order valence-corrected chi connectivity index (χ1v) is 5.18. The molecule has 0 saturated carbocycles. The highest BCUT2D eigenvalue weighted by Gasteiger charge is 2.12. The summed E-state index contributed by atoms with van der Waals surface area (Å²) in [6.45, 7) is 1.03. The van der Waals surface area contributed by atoms with Gasteiger partial charge in [-0.3, -0.25) is 5.32 Å². The second-order valence-electron chi connectivity index (χ2n) is 3.40. The molecule has 0 radical (unpaired) electrons. The Kier molecular flexibility index (Phi) is 5.40. The molecule has 1 rings (SSSR count). The topological polar surface area (TPSA) is 54.3 Å². The van der Waals surface area contributed by atoms with Crippen LogP contribution in [0.25, 0.3) is 0 Å². The van der Waals surface area contributed by atoms with Crippen molar-refractivity contribution < 1.29 is 13.9 Å². The molecule has 0 spiro atoms. The van der Waals surface area contributed by atoms with E-state index in [1.165, 1.54) is 19.2 Å². The van der Waals surface area contributed by atoms with E-state index in [9.17, 15) is 4.39 Å². The quantitative estimate of drug-likeness (QED) is 0.765. The maximum absolute atomic E-state index is 13.4. The van der Waals surface area contributed by atoms with Crippen LogP contribution in [0.3, 0.4) is 0 Å². The van der Waals surface area contributed by atoms with Gasteiger partial charge in [0.15, 0.2) is 11.6 Å². The molecule has 1 aromatic rings. The van der Waals surface area contributed by atoms with Gasteiger partial charge < -0.3 is 9.47 Å². The second kappa shape index (κ2) is 6.84. The summed E-state index contributed by atoms with van der Waals surface area (Å²) >= 11 is 0. The van der Waals surface area contributed by atoms with E-state index in [1.807, 2.05) is 0 Å². The molecule has 0 amide bonds. The van der Waals surface area contributed by atoms with Crippen molar-refractivity contribution in [3.63, 3.8) is 0 Å². The first-order valence-electron chi connectivity index (χ1n) is 5.18. The van der Waals surface area contributed by atoms with Gasteiger partial charge in [0.1, 0.15) is 6.04 Å². The Morgan fingerprint density at radius 2 is 2.24 bits per heavy atom. The Hall–Kier alpha value is -1.64. The third kappa shape index (κ3) is 3.70. The standard InChI is InChI=1S/C12H15FN2O2/c1-16-6-5-15-11(8-14)9-3-4-12(17-2)10(13)7-9/h3-4,7,11,15H,5-6H2,1-2H3. The predicted molar refractivity (Wildman–Crippen MR) is 61.2 cm³/mol. The number of benzene rings is 1. The van der Waals surface area contributed by atoms with E-state index in [0.29, 0.717) is 18.7 Å². The number of nitrogens with zero attached hydrogens (tertiary/aromatic N) is 1. The van der Waals surface area contributed by atoms with Crippen molar-refractivity contribution in [2.45, 2.75) is 6.04 Å². The van der Waals surface area contributed by atoms with Gasteiger partial charge in [-0.1, -0.05) is 6.07 Å². The summed E-state index contributed by atoms with van der Waals surface area (Å²) in [5, 5.41) is 11.9. The van der Waals surface area contributed by atoms with E-state index in [-0.39, 0.29) is 5.75 Å². The summed E-state index contributed by atoms with van der Waals surface area (Å²) in [4.78, 5) is 0. The average Bonchev–Trinajstić information content (AvgIpc) is 2.35. The lowest BCUT2D eigenvalue weighted by Gasteiger charge is -2.12. The summed E-state index contributed by atoms with van der Waals surface area (Å²) in [6, 6.07) is 5.98. The van der Waals surface area contributed by atoms with Gasteiger partial charge in [-0.05, 0) is 17.7 Å². The van der Waals surface area contributed by atoms with E-state index in [4.69, 9.17) is 14.7 Å². The van der Waals surface area contributed by atoms with Crippen LogP contribution < -0.4 is 10.1 Å². The number of rotatable bonds is 6. The molecule has 0 aliphatic carbocycles. The van der Waals surface area contributed by atoms with Gasteiger partial charge in [-0.15, -0.1) is 0 Å². The molecule has 1 N–H and O–H groups in total. The van der Waals surface area contributed by atoms with Crippen LogP contribution in [-0.2, 0) is 4.74 Å². The van der Waals surface area contributed by atoms with Gasteiger partial charge >= 0.3 is 0 Å². The van der Waals surface area contributed by atoms with Crippen molar-refractivity contribution in [1.82, 2.24) is 5.32 Å². The highest BCUT2D eigenvalue weighted by atomic mass is 19.1. The van der Waals surface area contributed by atoms with Gasteiger partial charge in [-0.2, -0.15) is 5.26 Å². The molecule has 0 bridgehead atoms. The molecule has 17 heavy (non-hydrogen) atoms. The molecular formula is C12H15FN2O2. The Balaban J connectivity index is 2.75. The number of hydrogen-bond acceptors (Lipinski definition) is 4. The fraction of sp³-hybridized carbons (Fsp3) is 0.417. The van der Waals surface area contributed by atoms with Gasteiger partial charge in [0.05, 0.1) is 19.8 Å². The highest BCUT2D eigenvalue weighted by Crippen LogP contribution is 2.21. The van der Waals surface area contributed by atoms with Gasteiger partial charge in [-0.25, -0.2) is 4.39 Å². The normalized spacial score (nSPS) is 11.9. The highest BCUT2D eigenvalue weighted by molar-refractivity contribution is 5.33. The molecule has 0 saturated heterocycles. The number of hydrogen-bond donors (Lipinski definition) is 1. The van der Waals surface area contributed by atoms with Crippen LogP contribution in [-0.4, -0.2) is 27.4 Å². The Labute approximate surface area is 100.0 Å². The van der Waals surface area contributed by atoms with Crippen LogP contribution in [0.2, 0.25) is 0 Å². The van der Waals surface area contributed by atoms with Crippen molar-refractivity contribution in [1.29, 1.82) is 5.26 Å². The number of methoxy groups -OCH3 is 2. The number of halogens is 1. The fourth-order valence-corrected chi connectivity index (χ4v) is 1.41. The largest absolute Gasteiger partial charge is 0.494 e. The van der Waals surface area contributed by atoms with Crippen molar-refractivity contribution in [2.24, 2.45) is 0 Å². The zero-order chi connectivity index (χ0) is 12.7. The molecule has 0 aromatic heterocycles. The van der Waals surface area contributed by atoms with E-state index in [0.717, 1.165) is 0 Å². The Morgan fingerprint density at radius 3 is 2.76 bits per heavy atom. The summed E-state index contributed by atoms with van der Waals surface area (Å²) in [5.74, 6) is -0.305. The van der Waals surface area contributed by atoms with E-state index in [1.54, 1.807) is 13.2 Å². The molecule has 4 nitrogen and oxygen atoms in total. The average molecular weight is 238 g/mol. The molecule has 92 valence electrons. The minimum absolute atomic E-state index is 0.169. The number of ether oxygens (including phenoxy) is 2. The fourth-order valence-electron chi connectivity index (χ4n) is 1.41. The number of nitriles is 1. The van der Waals surface area contributed by atoms with Gasteiger partial charge in [0.2, 0.25) is 0 Å². The first-order chi connectivity index (χ1) is 8.22. The van der Waals surface area contributed by atoms with Crippen LogP contribution in [0.15, 0.2) is 18.2 Å². The molecule has 5 heteroatoms. The van der Waals surface area contributed by atoms with Crippen LogP contribution >= 0.6 is 0 Å².